The molecule has 0 radical (unpaired) electrons. The first-order chi connectivity index (χ1) is 45.4. The molecule has 0 rings (SSSR count). The summed E-state index contributed by atoms with van der Waals surface area (Å²) in [7, 11) is -9.91. The molecule has 0 aromatic rings. The van der Waals surface area contributed by atoms with E-state index in [-0.39, 0.29) is 25.7 Å². The molecule has 0 amide bonds. The maximum absolute atomic E-state index is 13.1. The van der Waals surface area contributed by atoms with Crippen molar-refractivity contribution in [1.82, 2.24) is 0 Å². The first-order valence-electron chi connectivity index (χ1n) is 39.0. The van der Waals surface area contributed by atoms with E-state index in [1.807, 2.05) is 0 Å². The molecule has 3 unspecified atom stereocenters. The molecule has 558 valence electrons. The Morgan fingerprint density at radius 3 is 0.809 bits per heavy atom. The molecule has 3 N–H and O–H groups in total. The molecule has 6 atom stereocenters. The minimum Gasteiger partial charge on any atom is -0.462 e. The Bertz CT molecular complexity index is 1820. The van der Waals surface area contributed by atoms with Crippen LogP contribution < -0.4 is 0 Å². The van der Waals surface area contributed by atoms with Gasteiger partial charge in [0.1, 0.15) is 19.3 Å². The third-order valence-corrected chi connectivity index (χ3v) is 19.7. The third kappa shape index (κ3) is 67.3. The van der Waals surface area contributed by atoms with E-state index >= 15 is 0 Å². The molecule has 0 aromatic heterocycles. The van der Waals surface area contributed by atoms with Crippen LogP contribution in [0.15, 0.2) is 0 Å². The van der Waals surface area contributed by atoms with E-state index < -0.39 is 97.5 Å². The number of unbranched alkanes of at least 4 members (excludes halogenated alkanes) is 43. The van der Waals surface area contributed by atoms with Crippen LogP contribution in [-0.2, 0) is 65.4 Å². The summed E-state index contributed by atoms with van der Waals surface area (Å²) in [6.45, 7) is 9.62. The molecule has 0 aliphatic heterocycles. The Morgan fingerprint density at radius 1 is 0.309 bits per heavy atom. The van der Waals surface area contributed by atoms with Crippen LogP contribution in [-0.4, -0.2) is 96.7 Å². The Morgan fingerprint density at radius 2 is 0.543 bits per heavy atom. The van der Waals surface area contributed by atoms with Crippen molar-refractivity contribution in [3.63, 3.8) is 0 Å². The van der Waals surface area contributed by atoms with E-state index in [4.69, 9.17) is 37.0 Å². The topological polar surface area (TPSA) is 237 Å². The number of hydrogen-bond donors (Lipinski definition) is 3. The molecule has 0 saturated heterocycles. The Kier molecular flexibility index (Phi) is 65.5. The predicted octanol–water partition coefficient (Wildman–Crippen LogP) is 21.9. The molecule has 0 saturated carbocycles. The van der Waals surface area contributed by atoms with Gasteiger partial charge in [-0.15, -0.1) is 0 Å². The summed E-state index contributed by atoms with van der Waals surface area (Å²) >= 11 is 0. The second-order valence-electron chi connectivity index (χ2n) is 27.8. The van der Waals surface area contributed by atoms with E-state index in [0.717, 1.165) is 102 Å². The van der Waals surface area contributed by atoms with Gasteiger partial charge in [0, 0.05) is 25.7 Å². The lowest BCUT2D eigenvalue weighted by atomic mass is 9.99. The molecule has 17 nitrogen and oxygen atoms in total. The molecule has 0 spiro atoms. The average molecular weight is 1380 g/mol. The normalized spacial score (nSPS) is 14.3. The van der Waals surface area contributed by atoms with Crippen LogP contribution >= 0.6 is 15.6 Å². The van der Waals surface area contributed by atoms with E-state index in [1.165, 1.54) is 205 Å². The van der Waals surface area contributed by atoms with Gasteiger partial charge >= 0.3 is 39.5 Å². The molecule has 0 aliphatic rings. The highest BCUT2D eigenvalue weighted by Crippen LogP contribution is 2.45. The summed E-state index contributed by atoms with van der Waals surface area (Å²) in [4.78, 5) is 72.8. The van der Waals surface area contributed by atoms with Crippen molar-refractivity contribution in [2.45, 2.75) is 407 Å². The number of aliphatic hydroxyl groups excluding tert-OH is 1. The number of carbonyl (C=O) groups is 4. The number of phosphoric ester groups is 2. The van der Waals surface area contributed by atoms with Crippen molar-refractivity contribution in [2.24, 2.45) is 11.8 Å². The molecule has 0 bridgehead atoms. The van der Waals surface area contributed by atoms with E-state index in [0.29, 0.717) is 25.7 Å². The van der Waals surface area contributed by atoms with Crippen molar-refractivity contribution in [3.05, 3.63) is 0 Å². The predicted molar refractivity (Wildman–Crippen MR) is 381 cm³/mol. The fourth-order valence-corrected chi connectivity index (χ4v) is 13.0. The van der Waals surface area contributed by atoms with Crippen LogP contribution in [0.25, 0.3) is 0 Å². The Hall–Kier alpha value is -1.94. The Labute approximate surface area is 575 Å². The van der Waals surface area contributed by atoms with Gasteiger partial charge in [-0.3, -0.25) is 37.3 Å². The summed E-state index contributed by atoms with van der Waals surface area (Å²) in [6.07, 6.45) is 53.9. The molecule has 0 aromatic carbocycles. The highest BCUT2D eigenvalue weighted by atomic mass is 31.2. The Balaban J connectivity index is 5.24. The molecule has 19 heteroatoms. The molecular weight excluding hydrogens is 1230 g/mol. The fraction of sp³-hybridized carbons (Fsp3) is 0.947. The summed E-state index contributed by atoms with van der Waals surface area (Å²) in [5.41, 5.74) is 0. The smallest absolute Gasteiger partial charge is 0.462 e. The van der Waals surface area contributed by atoms with Gasteiger partial charge in [0.25, 0.3) is 0 Å². The quantitative estimate of drug-likeness (QED) is 0.0222. The highest BCUT2D eigenvalue weighted by molar-refractivity contribution is 7.47. The number of ether oxygens (including phenoxy) is 4. The van der Waals surface area contributed by atoms with Crippen LogP contribution in [0.2, 0.25) is 0 Å². The largest absolute Gasteiger partial charge is 0.472 e. The second kappa shape index (κ2) is 66.9. The maximum Gasteiger partial charge on any atom is 0.472 e. The zero-order valence-corrected chi connectivity index (χ0v) is 63.1. The molecule has 94 heavy (non-hydrogen) atoms. The molecular formula is C75H146O17P2. The monoisotopic (exact) mass is 1380 g/mol. The maximum atomic E-state index is 13.1. The second-order valence-corrected chi connectivity index (χ2v) is 30.7. The van der Waals surface area contributed by atoms with Crippen LogP contribution in [0.5, 0.6) is 0 Å². The molecule has 0 fully saturated rings. The first-order valence-corrected chi connectivity index (χ1v) is 42.0. The van der Waals surface area contributed by atoms with Gasteiger partial charge in [0.05, 0.1) is 26.4 Å². The summed E-state index contributed by atoms with van der Waals surface area (Å²) < 4.78 is 68.5. The van der Waals surface area contributed by atoms with Gasteiger partial charge in [-0.25, -0.2) is 9.13 Å². The number of rotatable bonds is 74. The summed E-state index contributed by atoms with van der Waals surface area (Å²) in [5.74, 6) is -0.533. The van der Waals surface area contributed by atoms with Gasteiger partial charge in [0.2, 0.25) is 0 Å². The zero-order chi connectivity index (χ0) is 69.3. The van der Waals surface area contributed by atoms with Crippen LogP contribution in [0.1, 0.15) is 388 Å². The minimum absolute atomic E-state index is 0.106. The van der Waals surface area contributed by atoms with Crippen LogP contribution in [0.3, 0.4) is 0 Å². The lowest BCUT2D eigenvalue weighted by molar-refractivity contribution is -0.161. The van der Waals surface area contributed by atoms with Crippen LogP contribution in [0.4, 0.5) is 0 Å². The van der Waals surface area contributed by atoms with Crippen molar-refractivity contribution in [1.29, 1.82) is 0 Å². The molecule has 0 heterocycles. The van der Waals surface area contributed by atoms with E-state index in [1.54, 1.807) is 0 Å². The van der Waals surface area contributed by atoms with Gasteiger partial charge < -0.3 is 33.8 Å². The van der Waals surface area contributed by atoms with Gasteiger partial charge in [-0.1, -0.05) is 337 Å². The fourth-order valence-electron chi connectivity index (χ4n) is 11.4. The van der Waals surface area contributed by atoms with Gasteiger partial charge in [0.15, 0.2) is 12.2 Å². The zero-order valence-electron chi connectivity index (χ0n) is 61.3. The number of phosphoric acid groups is 2. The number of carbonyl (C=O) groups excluding carboxylic acids is 4. The average Bonchev–Trinajstić information content (AvgIpc) is 1.18. The minimum atomic E-state index is -4.96. The number of aliphatic hydroxyl groups is 1. The van der Waals surface area contributed by atoms with Crippen molar-refractivity contribution >= 4 is 39.5 Å². The highest BCUT2D eigenvalue weighted by Gasteiger charge is 2.30. The van der Waals surface area contributed by atoms with Crippen molar-refractivity contribution in [3.8, 4) is 0 Å². The lowest BCUT2D eigenvalue weighted by Crippen LogP contribution is -2.30. The standard InChI is InChI=1S/C75H146O17P2/c1-7-10-12-14-16-18-20-23-28-34-40-46-52-58-73(78)86-63-70(91-74(79)59-53-47-41-35-29-25-22-21-24-27-32-38-44-50-56-68(6)9-3)65-89-93(81,82)87-61-69(76)62-88-94(83,84)90-66-71(64-85-72(77)57-51-45-39-33-26-19-17-15-13-11-8-2)92-75(80)60-54-48-42-36-30-31-37-43-49-55-67(4)5/h67-71,76H,7-66H2,1-6H3,(H,81,82)(H,83,84)/t68?,69-,70-,71-/m1/s1. The van der Waals surface area contributed by atoms with E-state index in [9.17, 15) is 43.2 Å². The van der Waals surface area contributed by atoms with Crippen LogP contribution in [0, 0.1) is 11.8 Å². The van der Waals surface area contributed by atoms with Gasteiger partial charge in [-0.2, -0.15) is 0 Å². The number of esters is 4. The first kappa shape index (κ1) is 92.1. The summed E-state index contributed by atoms with van der Waals surface area (Å²) in [5, 5.41) is 10.6. The summed E-state index contributed by atoms with van der Waals surface area (Å²) in [6, 6.07) is 0. The lowest BCUT2D eigenvalue weighted by Gasteiger charge is -2.21. The number of hydrogen-bond acceptors (Lipinski definition) is 15. The van der Waals surface area contributed by atoms with Gasteiger partial charge in [-0.05, 0) is 37.5 Å². The van der Waals surface area contributed by atoms with Crippen molar-refractivity contribution < 1.29 is 80.2 Å². The third-order valence-electron chi connectivity index (χ3n) is 17.8. The van der Waals surface area contributed by atoms with Crippen molar-refractivity contribution in [2.75, 3.05) is 39.6 Å². The SMILES string of the molecule is CCCCCCCCCCCCCCCC(=O)OC[C@H](COP(=O)(O)OC[C@@H](O)COP(=O)(O)OC[C@@H](COC(=O)CCCCCCCCCCCCC)OC(=O)CCCCCCCCCCCC(C)C)OC(=O)CCCCCCCCCCCCCCCCC(C)CC. The molecule has 0 aliphatic carbocycles. The van der Waals surface area contributed by atoms with E-state index in [2.05, 4.69) is 41.5 Å².